The van der Waals surface area contributed by atoms with Crippen LogP contribution in [0.5, 0.6) is 0 Å². The van der Waals surface area contributed by atoms with Gasteiger partial charge in [-0.05, 0) is 36.4 Å². The number of esters is 1. The van der Waals surface area contributed by atoms with Crippen molar-refractivity contribution in [2.75, 3.05) is 43.1 Å². The number of anilines is 2. The molecule has 1 saturated heterocycles. The Kier molecular flexibility index (Phi) is 5.44. The quantitative estimate of drug-likeness (QED) is 0.617. The predicted molar refractivity (Wildman–Crippen MR) is 111 cm³/mol. The molecule has 0 amide bonds. The third kappa shape index (κ3) is 3.74. The second kappa shape index (κ2) is 8.33. The van der Waals surface area contributed by atoms with Crippen LogP contribution in [0.25, 0.3) is 11.0 Å². The molecule has 3 aromatic rings. The first-order chi connectivity index (χ1) is 14.6. The number of ether oxygens (including phenoxy) is 1. The molecule has 0 N–H and O–H groups in total. The number of hydrogen-bond donors (Lipinski definition) is 0. The number of piperazine rings is 1. The van der Waals surface area contributed by atoms with Crippen molar-refractivity contribution in [3.05, 3.63) is 60.0 Å². The molecule has 0 aliphatic carbocycles. The summed E-state index contributed by atoms with van der Waals surface area (Å²) in [6, 6.07) is 15.8. The standard InChI is InChI=1S/C22H20FN5O2/c1-30-22(29)17(14-24)20-21(26-19-5-3-2-4-18(19)25-20)28-12-10-27(11-13-28)16-8-6-15(23)7-9-16/h2-9,17H,10-13H2,1H3/t17-/m0/s1. The SMILES string of the molecule is COC(=O)[C@@H](C#N)c1nc2ccccc2nc1N1CCN(c2ccc(F)cc2)CC1. The van der Waals surface area contributed by atoms with Gasteiger partial charge in [0.1, 0.15) is 11.5 Å². The van der Waals surface area contributed by atoms with Crippen molar-refractivity contribution in [3.8, 4) is 6.07 Å². The van der Waals surface area contributed by atoms with Crippen LogP contribution in [-0.2, 0) is 9.53 Å². The second-order valence-electron chi connectivity index (χ2n) is 6.96. The van der Waals surface area contributed by atoms with Crippen LogP contribution in [0.15, 0.2) is 48.5 Å². The molecule has 1 aliphatic rings. The maximum absolute atomic E-state index is 13.2. The van der Waals surface area contributed by atoms with Crippen molar-refractivity contribution in [3.63, 3.8) is 0 Å². The summed E-state index contributed by atoms with van der Waals surface area (Å²) in [5.74, 6) is -1.56. The van der Waals surface area contributed by atoms with Crippen LogP contribution < -0.4 is 9.80 Å². The minimum atomic E-state index is -1.16. The van der Waals surface area contributed by atoms with Gasteiger partial charge >= 0.3 is 5.97 Å². The molecule has 4 rings (SSSR count). The fourth-order valence-corrected chi connectivity index (χ4v) is 3.60. The Bertz CT molecular complexity index is 1100. The van der Waals surface area contributed by atoms with Crippen molar-refractivity contribution in [1.82, 2.24) is 9.97 Å². The van der Waals surface area contributed by atoms with Crippen LogP contribution in [0.4, 0.5) is 15.9 Å². The molecule has 2 heterocycles. The molecule has 0 bridgehead atoms. The first-order valence-corrected chi connectivity index (χ1v) is 9.60. The molecular weight excluding hydrogens is 385 g/mol. The second-order valence-corrected chi connectivity index (χ2v) is 6.96. The van der Waals surface area contributed by atoms with E-state index in [4.69, 9.17) is 9.72 Å². The van der Waals surface area contributed by atoms with Crippen LogP contribution in [-0.4, -0.2) is 49.2 Å². The third-order valence-corrected chi connectivity index (χ3v) is 5.19. The van der Waals surface area contributed by atoms with Gasteiger partial charge in [0.15, 0.2) is 11.7 Å². The smallest absolute Gasteiger partial charge is 0.329 e. The molecule has 1 atom stereocenters. The molecule has 1 aromatic heterocycles. The monoisotopic (exact) mass is 405 g/mol. The first kappa shape index (κ1) is 19.6. The lowest BCUT2D eigenvalue weighted by Crippen LogP contribution is -2.47. The normalized spacial score (nSPS) is 15.0. The fourth-order valence-electron chi connectivity index (χ4n) is 3.60. The topological polar surface area (TPSA) is 82.3 Å². The number of aromatic nitrogens is 2. The van der Waals surface area contributed by atoms with Gasteiger partial charge in [-0.1, -0.05) is 12.1 Å². The zero-order valence-electron chi connectivity index (χ0n) is 16.5. The van der Waals surface area contributed by atoms with Crippen molar-refractivity contribution in [1.29, 1.82) is 5.26 Å². The van der Waals surface area contributed by atoms with Crippen LogP contribution >= 0.6 is 0 Å². The Balaban J connectivity index is 1.66. The minimum absolute atomic E-state index is 0.265. The molecule has 1 fully saturated rings. The first-order valence-electron chi connectivity index (χ1n) is 9.60. The van der Waals surface area contributed by atoms with Crippen LogP contribution in [0.3, 0.4) is 0 Å². The number of para-hydroxylation sites is 2. The van der Waals surface area contributed by atoms with Crippen molar-refractivity contribution in [2.45, 2.75) is 5.92 Å². The van der Waals surface area contributed by atoms with Gasteiger partial charge in [0.25, 0.3) is 0 Å². The van der Waals surface area contributed by atoms with Gasteiger partial charge in [-0.25, -0.2) is 14.4 Å². The van der Waals surface area contributed by atoms with Gasteiger partial charge in [0.05, 0.1) is 24.2 Å². The molecule has 8 heteroatoms. The number of nitriles is 1. The lowest BCUT2D eigenvalue weighted by molar-refractivity contribution is -0.141. The molecule has 152 valence electrons. The Morgan fingerprint density at radius 3 is 2.23 bits per heavy atom. The summed E-state index contributed by atoms with van der Waals surface area (Å²) in [4.78, 5) is 25.7. The molecular formula is C22H20FN5O2. The van der Waals surface area contributed by atoms with Crippen molar-refractivity contribution < 1.29 is 13.9 Å². The van der Waals surface area contributed by atoms with Crippen molar-refractivity contribution >= 4 is 28.5 Å². The number of carbonyl (C=O) groups is 1. The Labute approximate surface area is 173 Å². The maximum atomic E-state index is 13.2. The number of halogens is 1. The van der Waals surface area contributed by atoms with E-state index in [0.717, 1.165) is 5.69 Å². The number of fused-ring (bicyclic) bond motifs is 1. The zero-order valence-corrected chi connectivity index (χ0v) is 16.5. The van der Waals surface area contributed by atoms with E-state index in [1.807, 2.05) is 29.2 Å². The average molecular weight is 405 g/mol. The highest BCUT2D eigenvalue weighted by atomic mass is 19.1. The molecule has 7 nitrogen and oxygen atoms in total. The van der Waals surface area contributed by atoms with E-state index in [0.29, 0.717) is 48.7 Å². The summed E-state index contributed by atoms with van der Waals surface area (Å²) in [7, 11) is 1.25. The molecule has 0 radical (unpaired) electrons. The molecule has 0 unspecified atom stereocenters. The average Bonchev–Trinajstić information content (AvgIpc) is 2.79. The Morgan fingerprint density at radius 1 is 1.03 bits per heavy atom. The summed E-state index contributed by atoms with van der Waals surface area (Å²) in [6.45, 7) is 2.62. The Morgan fingerprint density at radius 2 is 1.63 bits per heavy atom. The van der Waals surface area contributed by atoms with Crippen LogP contribution in [0, 0.1) is 17.1 Å². The fraction of sp³-hybridized carbons (Fsp3) is 0.273. The number of hydrogen-bond acceptors (Lipinski definition) is 7. The summed E-state index contributed by atoms with van der Waals surface area (Å²) >= 11 is 0. The van der Waals surface area contributed by atoms with Gasteiger partial charge in [-0.3, -0.25) is 4.79 Å². The highest BCUT2D eigenvalue weighted by molar-refractivity contribution is 5.85. The molecule has 30 heavy (non-hydrogen) atoms. The van der Waals surface area contributed by atoms with Gasteiger partial charge in [-0.2, -0.15) is 5.26 Å². The lowest BCUT2D eigenvalue weighted by Gasteiger charge is -2.37. The Hall–Kier alpha value is -3.73. The summed E-state index contributed by atoms with van der Waals surface area (Å²) in [5.41, 5.74) is 2.56. The summed E-state index contributed by atoms with van der Waals surface area (Å²) < 4.78 is 18.0. The van der Waals surface area contributed by atoms with Gasteiger partial charge in [0, 0.05) is 31.9 Å². The molecule has 0 saturated carbocycles. The van der Waals surface area contributed by atoms with E-state index >= 15 is 0 Å². The van der Waals surface area contributed by atoms with Gasteiger partial charge < -0.3 is 14.5 Å². The van der Waals surface area contributed by atoms with Crippen LogP contribution in [0.2, 0.25) is 0 Å². The van der Waals surface area contributed by atoms with E-state index in [9.17, 15) is 14.4 Å². The van der Waals surface area contributed by atoms with E-state index < -0.39 is 11.9 Å². The molecule has 1 aliphatic heterocycles. The highest BCUT2D eigenvalue weighted by Crippen LogP contribution is 2.29. The van der Waals surface area contributed by atoms with Gasteiger partial charge in [0.2, 0.25) is 0 Å². The predicted octanol–water partition coefficient (Wildman–Crippen LogP) is 2.88. The van der Waals surface area contributed by atoms with E-state index in [-0.39, 0.29) is 5.82 Å². The van der Waals surface area contributed by atoms with Crippen molar-refractivity contribution in [2.24, 2.45) is 0 Å². The molecule has 2 aromatic carbocycles. The number of benzene rings is 2. The summed E-state index contributed by atoms with van der Waals surface area (Å²) in [5, 5.41) is 9.61. The largest absolute Gasteiger partial charge is 0.468 e. The van der Waals surface area contributed by atoms with Gasteiger partial charge in [-0.15, -0.1) is 0 Å². The maximum Gasteiger partial charge on any atom is 0.329 e. The van der Waals surface area contributed by atoms with E-state index in [1.165, 1.54) is 19.2 Å². The minimum Gasteiger partial charge on any atom is -0.468 e. The zero-order chi connectivity index (χ0) is 21.1. The third-order valence-electron chi connectivity index (χ3n) is 5.19. The lowest BCUT2D eigenvalue weighted by atomic mass is 10.1. The van der Waals surface area contributed by atoms with Crippen LogP contribution in [0.1, 0.15) is 11.6 Å². The van der Waals surface area contributed by atoms with E-state index in [1.54, 1.807) is 18.2 Å². The summed E-state index contributed by atoms with van der Waals surface area (Å²) in [6.07, 6.45) is 0. The number of rotatable bonds is 4. The molecule has 0 spiro atoms. The number of nitrogens with zero attached hydrogens (tertiary/aromatic N) is 5. The highest BCUT2D eigenvalue weighted by Gasteiger charge is 2.30. The number of carbonyl (C=O) groups excluding carboxylic acids is 1. The van der Waals surface area contributed by atoms with E-state index in [2.05, 4.69) is 9.88 Å². The number of methoxy groups -OCH3 is 1.